The van der Waals surface area contributed by atoms with Gasteiger partial charge in [-0.15, -0.1) is 11.3 Å². The van der Waals surface area contributed by atoms with Gasteiger partial charge in [-0.3, -0.25) is 28.3 Å². The van der Waals surface area contributed by atoms with Crippen molar-refractivity contribution in [1.82, 2.24) is 18.7 Å². The Morgan fingerprint density at radius 1 is 1.09 bits per heavy atom. The SMILES string of the molecule is Cn1c(=O)c2c(ncn2CC(=O)C(=O)Nc2sc(-c3ccccc3)cc2C(N)=O)n(C)c1=O. The highest BCUT2D eigenvalue weighted by Crippen LogP contribution is 2.35. The maximum absolute atomic E-state index is 12.6. The molecule has 0 saturated heterocycles. The molecule has 0 unspecified atom stereocenters. The topological polar surface area (TPSA) is 151 Å². The lowest BCUT2D eigenvalue weighted by molar-refractivity contribution is -0.135. The number of anilines is 1. The van der Waals surface area contributed by atoms with Crippen LogP contribution in [0.1, 0.15) is 10.4 Å². The molecule has 0 saturated carbocycles. The van der Waals surface area contributed by atoms with Gasteiger partial charge < -0.3 is 15.6 Å². The van der Waals surface area contributed by atoms with E-state index in [1.165, 1.54) is 29.6 Å². The normalized spacial score (nSPS) is 11.0. The van der Waals surface area contributed by atoms with E-state index in [1.807, 2.05) is 30.3 Å². The molecule has 0 atom stereocenters. The largest absolute Gasteiger partial charge is 0.366 e. The standard InChI is InChI=1S/C21H18N6O5S/c1-25-17-15(20(31)26(2)21(25)32)27(10-23-17)9-13(28)18(30)24-19-12(16(22)29)8-14(33-19)11-6-4-3-5-7-11/h3-8,10H,9H2,1-2H3,(H2,22,29)(H,24,30). The second-order valence-corrected chi connectivity index (χ2v) is 8.26. The van der Waals surface area contributed by atoms with E-state index >= 15 is 0 Å². The summed E-state index contributed by atoms with van der Waals surface area (Å²) in [5, 5.41) is 2.59. The zero-order valence-corrected chi connectivity index (χ0v) is 18.4. The highest BCUT2D eigenvalue weighted by Gasteiger charge is 2.22. The number of aryl methyl sites for hydroxylation is 1. The van der Waals surface area contributed by atoms with Gasteiger partial charge in [0.2, 0.25) is 5.78 Å². The summed E-state index contributed by atoms with van der Waals surface area (Å²) in [5.41, 5.74) is 5.25. The van der Waals surface area contributed by atoms with Gasteiger partial charge in [0.1, 0.15) is 5.00 Å². The number of hydrogen-bond acceptors (Lipinski definition) is 7. The number of hydrogen-bond donors (Lipinski definition) is 2. The van der Waals surface area contributed by atoms with E-state index in [-0.39, 0.29) is 21.7 Å². The van der Waals surface area contributed by atoms with Crippen molar-refractivity contribution in [1.29, 1.82) is 0 Å². The molecule has 0 aliphatic heterocycles. The second kappa shape index (κ2) is 8.31. The molecule has 4 rings (SSSR count). The summed E-state index contributed by atoms with van der Waals surface area (Å²) in [7, 11) is 2.75. The minimum Gasteiger partial charge on any atom is -0.366 e. The zero-order valence-electron chi connectivity index (χ0n) is 17.6. The summed E-state index contributed by atoms with van der Waals surface area (Å²) >= 11 is 1.11. The Morgan fingerprint density at radius 2 is 1.79 bits per heavy atom. The van der Waals surface area contributed by atoms with Crippen LogP contribution in [0.4, 0.5) is 5.00 Å². The number of thiophene rings is 1. The zero-order chi connectivity index (χ0) is 23.9. The number of nitrogens with two attached hydrogens (primary N) is 1. The van der Waals surface area contributed by atoms with Gasteiger partial charge >= 0.3 is 5.69 Å². The number of Topliss-reactive ketones (excluding diaryl/α,β-unsaturated/α-hetero) is 1. The van der Waals surface area contributed by atoms with Gasteiger partial charge in [0.25, 0.3) is 17.4 Å². The van der Waals surface area contributed by atoms with Gasteiger partial charge in [0, 0.05) is 19.0 Å². The molecule has 0 spiro atoms. The Labute approximate surface area is 189 Å². The summed E-state index contributed by atoms with van der Waals surface area (Å²) in [6.07, 6.45) is 1.21. The first kappa shape index (κ1) is 21.9. The van der Waals surface area contributed by atoms with Gasteiger partial charge in [0.05, 0.1) is 18.4 Å². The van der Waals surface area contributed by atoms with Crippen molar-refractivity contribution in [3.05, 3.63) is 69.1 Å². The Morgan fingerprint density at radius 3 is 2.45 bits per heavy atom. The van der Waals surface area contributed by atoms with E-state index in [2.05, 4.69) is 10.3 Å². The molecule has 0 aliphatic rings. The average molecular weight is 466 g/mol. The van der Waals surface area contributed by atoms with Crippen molar-refractivity contribution in [2.75, 3.05) is 5.32 Å². The van der Waals surface area contributed by atoms with Crippen molar-refractivity contribution in [2.45, 2.75) is 6.54 Å². The van der Waals surface area contributed by atoms with Crippen LogP contribution in [0.2, 0.25) is 0 Å². The number of benzene rings is 1. The number of amides is 2. The molecule has 168 valence electrons. The Bertz CT molecular complexity index is 1540. The van der Waals surface area contributed by atoms with E-state index in [4.69, 9.17) is 5.73 Å². The number of nitrogens with one attached hydrogen (secondary N) is 1. The Hall–Kier alpha value is -4.32. The van der Waals surface area contributed by atoms with Crippen LogP contribution in [0.5, 0.6) is 0 Å². The molecule has 12 heteroatoms. The van der Waals surface area contributed by atoms with Gasteiger partial charge in [-0.1, -0.05) is 30.3 Å². The lowest BCUT2D eigenvalue weighted by Crippen LogP contribution is -2.38. The molecule has 3 N–H and O–H groups in total. The van der Waals surface area contributed by atoms with E-state index < -0.39 is 35.4 Å². The van der Waals surface area contributed by atoms with Crippen LogP contribution < -0.4 is 22.3 Å². The van der Waals surface area contributed by atoms with Gasteiger partial charge in [-0.05, 0) is 11.6 Å². The summed E-state index contributed by atoms with van der Waals surface area (Å²) < 4.78 is 3.27. The van der Waals surface area contributed by atoms with Crippen LogP contribution >= 0.6 is 11.3 Å². The first-order chi connectivity index (χ1) is 15.7. The number of carbonyl (C=O) groups is 3. The first-order valence-corrected chi connectivity index (χ1v) is 10.4. The monoisotopic (exact) mass is 466 g/mol. The fourth-order valence-corrected chi connectivity index (χ4v) is 4.39. The molecule has 1 aromatic carbocycles. The number of primary amides is 1. The number of carbonyl (C=O) groups excluding carboxylic acids is 3. The van der Waals surface area contributed by atoms with E-state index in [1.54, 1.807) is 6.07 Å². The summed E-state index contributed by atoms with van der Waals surface area (Å²) in [4.78, 5) is 66.3. The second-order valence-electron chi connectivity index (χ2n) is 7.21. The molecule has 33 heavy (non-hydrogen) atoms. The molecule has 0 radical (unpaired) electrons. The quantitative estimate of drug-likeness (QED) is 0.394. The number of imidazole rings is 1. The summed E-state index contributed by atoms with van der Waals surface area (Å²) in [6, 6.07) is 10.7. The highest BCUT2D eigenvalue weighted by atomic mass is 32.1. The van der Waals surface area contributed by atoms with Crippen LogP contribution in [0.15, 0.2) is 52.3 Å². The highest BCUT2D eigenvalue weighted by molar-refractivity contribution is 7.20. The molecule has 11 nitrogen and oxygen atoms in total. The minimum atomic E-state index is -0.984. The lowest BCUT2D eigenvalue weighted by atomic mass is 10.1. The van der Waals surface area contributed by atoms with Crippen molar-refractivity contribution in [3.63, 3.8) is 0 Å². The van der Waals surface area contributed by atoms with Gasteiger partial charge in [0.15, 0.2) is 11.2 Å². The smallest absolute Gasteiger partial charge is 0.332 e. The van der Waals surface area contributed by atoms with Crippen molar-refractivity contribution >= 4 is 45.1 Å². The Kier molecular flexibility index (Phi) is 5.52. The number of nitrogens with zero attached hydrogens (tertiary/aromatic N) is 4. The number of aromatic nitrogens is 4. The van der Waals surface area contributed by atoms with Crippen LogP contribution in [0.25, 0.3) is 21.6 Å². The summed E-state index contributed by atoms with van der Waals surface area (Å²) in [5.74, 6) is -2.61. The van der Waals surface area contributed by atoms with Crippen molar-refractivity contribution in [3.8, 4) is 10.4 Å². The molecule has 0 bridgehead atoms. The molecule has 0 fully saturated rings. The van der Waals surface area contributed by atoms with Crippen LogP contribution in [0.3, 0.4) is 0 Å². The summed E-state index contributed by atoms with van der Waals surface area (Å²) in [6.45, 7) is -0.488. The van der Waals surface area contributed by atoms with Crippen LogP contribution in [0, 0.1) is 0 Å². The van der Waals surface area contributed by atoms with Gasteiger partial charge in [-0.2, -0.15) is 0 Å². The predicted molar refractivity (Wildman–Crippen MR) is 122 cm³/mol. The minimum absolute atomic E-state index is 0.0149. The fraction of sp³-hybridized carbons (Fsp3) is 0.143. The number of rotatable bonds is 6. The van der Waals surface area contributed by atoms with Crippen LogP contribution in [-0.2, 0) is 30.2 Å². The fourth-order valence-electron chi connectivity index (χ4n) is 3.33. The number of ketones is 1. The molecule has 3 aromatic heterocycles. The maximum atomic E-state index is 12.6. The molecule has 0 aliphatic carbocycles. The first-order valence-electron chi connectivity index (χ1n) is 9.63. The lowest BCUT2D eigenvalue weighted by Gasteiger charge is -2.07. The average Bonchev–Trinajstić information content (AvgIpc) is 3.41. The molecule has 3 heterocycles. The molecule has 4 aromatic rings. The third-order valence-corrected chi connectivity index (χ3v) is 6.17. The Balaban J connectivity index is 1.61. The predicted octanol–water partition coefficient (Wildman–Crippen LogP) is 0.469. The maximum Gasteiger partial charge on any atom is 0.332 e. The third-order valence-electron chi connectivity index (χ3n) is 5.07. The third kappa shape index (κ3) is 3.87. The van der Waals surface area contributed by atoms with Crippen molar-refractivity contribution in [2.24, 2.45) is 19.8 Å². The van der Waals surface area contributed by atoms with Crippen LogP contribution in [-0.4, -0.2) is 36.3 Å². The number of fused-ring (bicyclic) bond motifs is 1. The van der Waals surface area contributed by atoms with Crippen molar-refractivity contribution < 1.29 is 14.4 Å². The van der Waals surface area contributed by atoms with E-state index in [9.17, 15) is 24.0 Å². The molecular weight excluding hydrogens is 448 g/mol. The van der Waals surface area contributed by atoms with E-state index in [0.29, 0.717) is 4.88 Å². The van der Waals surface area contributed by atoms with Gasteiger partial charge in [-0.25, -0.2) is 9.78 Å². The molecular formula is C21H18N6O5S. The van der Waals surface area contributed by atoms with E-state index in [0.717, 1.165) is 21.5 Å². The molecule has 2 amide bonds.